The van der Waals surface area contributed by atoms with Gasteiger partial charge in [-0.2, -0.15) is 0 Å². The number of esters is 1. The van der Waals surface area contributed by atoms with Crippen LogP contribution in [0.15, 0.2) is 24.3 Å². The summed E-state index contributed by atoms with van der Waals surface area (Å²) >= 11 is 0. The number of nitrogens with one attached hydrogen (secondary N) is 1. The Kier molecular flexibility index (Phi) is 6.39. The predicted molar refractivity (Wildman–Crippen MR) is 79.0 cm³/mol. The lowest BCUT2D eigenvalue weighted by molar-refractivity contribution is -0.140. The van der Waals surface area contributed by atoms with Gasteiger partial charge >= 0.3 is 5.97 Å². The summed E-state index contributed by atoms with van der Waals surface area (Å²) in [6.45, 7) is 4.23. The van der Waals surface area contributed by atoms with Crippen molar-refractivity contribution in [3.8, 4) is 0 Å². The van der Waals surface area contributed by atoms with E-state index in [4.69, 9.17) is 0 Å². The molecule has 1 rings (SSSR count). The highest BCUT2D eigenvalue weighted by Gasteiger charge is 2.19. The van der Waals surface area contributed by atoms with Gasteiger partial charge in [0.2, 0.25) is 0 Å². The maximum absolute atomic E-state index is 12.3. The Morgan fingerprint density at radius 3 is 2.25 bits per heavy atom. The zero-order valence-corrected chi connectivity index (χ0v) is 12.6. The van der Waals surface area contributed by atoms with Gasteiger partial charge < -0.3 is 10.1 Å². The SMILES string of the molecule is CNC(CCC(=O)OC)C(=O)c1ccc(C(C)C)cc1. The molecule has 0 aliphatic carbocycles. The van der Waals surface area contributed by atoms with Gasteiger partial charge in [0.25, 0.3) is 0 Å². The zero-order valence-electron chi connectivity index (χ0n) is 12.6. The van der Waals surface area contributed by atoms with Crippen molar-refractivity contribution < 1.29 is 14.3 Å². The van der Waals surface area contributed by atoms with E-state index in [1.165, 1.54) is 12.7 Å². The van der Waals surface area contributed by atoms with Crippen LogP contribution in [0.5, 0.6) is 0 Å². The summed E-state index contributed by atoms with van der Waals surface area (Å²) < 4.78 is 4.59. The van der Waals surface area contributed by atoms with Crippen LogP contribution in [0, 0.1) is 0 Å². The van der Waals surface area contributed by atoms with Gasteiger partial charge in [-0.15, -0.1) is 0 Å². The maximum atomic E-state index is 12.3. The number of Topliss-reactive ketones (excluding diaryl/α,β-unsaturated/α-hetero) is 1. The zero-order chi connectivity index (χ0) is 15.1. The van der Waals surface area contributed by atoms with E-state index in [0.717, 1.165) is 0 Å². The van der Waals surface area contributed by atoms with Crippen LogP contribution in [0.1, 0.15) is 48.5 Å². The predicted octanol–water partition coefficient (Wildman–Crippen LogP) is 2.53. The Morgan fingerprint density at radius 2 is 1.80 bits per heavy atom. The summed E-state index contributed by atoms with van der Waals surface area (Å²) in [7, 11) is 3.07. The van der Waals surface area contributed by atoms with E-state index >= 15 is 0 Å². The molecular formula is C16H23NO3. The molecule has 0 saturated heterocycles. The van der Waals surface area contributed by atoms with E-state index < -0.39 is 0 Å². The second kappa shape index (κ2) is 7.80. The molecule has 0 saturated carbocycles. The van der Waals surface area contributed by atoms with E-state index in [0.29, 0.717) is 17.9 Å². The smallest absolute Gasteiger partial charge is 0.305 e. The summed E-state index contributed by atoms with van der Waals surface area (Å²) in [6.07, 6.45) is 0.672. The van der Waals surface area contributed by atoms with Gasteiger partial charge in [0, 0.05) is 12.0 Å². The van der Waals surface area contributed by atoms with Crippen molar-refractivity contribution in [3.05, 3.63) is 35.4 Å². The van der Waals surface area contributed by atoms with E-state index in [-0.39, 0.29) is 24.2 Å². The first kappa shape index (κ1) is 16.4. The molecule has 0 aromatic heterocycles. The molecule has 0 bridgehead atoms. The monoisotopic (exact) mass is 277 g/mol. The van der Waals surface area contributed by atoms with Crippen molar-refractivity contribution in [1.29, 1.82) is 0 Å². The lowest BCUT2D eigenvalue weighted by Crippen LogP contribution is -2.34. The molecule has 1 atom stereocenters. The molecule has 110 valence electrons. The van der Waals surface area contributed by atoms with Gasteiger partial charge in [0.15, 0.2) is 5.78 Å². The number of hydrogen-bond donors (Lipinski definition) is 1. The molecule has 1 N–H and O–H groups in total. The molecule has 0 radical (unpaired) electrons. The number of ketones is 1. The highest BCUT2D eigenvalue weighted by molar-refractivity contribution is 6.00. The van der Waals surface area contributed by atoms with Crippen molar-refractivity contribution in [1.82, 2.24) is 5.32 Å². The van der Waals surface area contributed by atoms with Crippen molar-refractivity contribution in [2.24, 2.45) is 0 Å². The number of carbonyl (C=O) groups is 2. The van der Waals surface area contributed by atoms with Crippen LogP contribution in [0.2, 0.25) is 0 Å². The first-order chi connectivity index (χ1) is 9.49. The van der Waals surface area contributed by atoms with Crippen LogP contribution in [0.4, 0.5) is 0 Å². The minimum Gasteiger partial charge on any atom is -0.469 e. The molecule has 20 heavy (non-hydrogen) atoms. The third-order valence-corrected chi connectivity index (χ3v) is 3.39. The van der Waals surface area contributed by atoms with Crippen LogP contribution >= 0.6 is 0 Å². The fraction of sp³-hybridized carbons (Fsp3) is 0.500. The van der Waals surface area contributed by atoms with Crippen LogP contribution < -0.4 is 5.32 Å². The average molecular weight is 277 g/mol. The largest absolute Gasteiger partial charge is 0.469 e. The Hall–Kier alpha value is -1.68. The fourth-order valence-electron chi connectivity index (χ4n) is 2.00. The summed E-state index contributed by atoms with van der Waals surface area (Å²) in [6, 6.07) is 7.29. The van der Waals surface area contributed by atoms with Crippen molar-refractivity contribution >= 4 is 11.8 Å². The van der Waals surface area contributed by atoms with Crippen molar-refractivity contribution in [2.45, 2.75) is 38.6 Å². The molecule has 0 aliphatic rings. The highest BCUT2D eigenvalue weighted by atomic mass is 16.5. The summed E-state index contributed by atoms with van der Waals surface area (Å²) in [5.41, 5.74) is 1.87. The first-order valence-corrected chi connectivity index (χ1v) is 6.87. The van der Waals surface area contributed by atoms with Crippen LogP contribution in [0.3, 0.4) is 0 Å². The Morgan fingerprint density at radius 1 is 1.20 bits per heavy atom. The normalized spacial score (nSPS) is 12.2. The van der Waals surface area contributed by atoms with Gasteiger partial charge in [-0.3, -0.25) is 9.59 Å². The molecule has 0 fully saturated rings. The summed E-state index contributed by atoms with van der Waals surface area (Å²) in [5, 5.41) is 2.96. The number of ether oxygens (including phenoxy) is 1. The average Bonchev–Trinajstić information content (AvgIpc) is 2.47. The van der Waals surface area contributed by atoms with Gasteiger partial charge in [-0.25, -0.2) is 0 Å². The van der Waals surface area contributed by atoms with E-state index in [1.54, 1.807) is 7.05 Å². The third-order valence-electron chi connectivity index (χ3n) is 3.39. The molecule has 0 heterocycles. The molecule has 4 heteroatoms. The minimum absolute atomic E-state index is 0.00621. The van der Waals surface area contributed by atoms with Gasteiger partial charge in [-0.1, -0.05) is 38.1 Å². The number of rotatable bonds is 7. The second-order valence-electron chi connectivity index (χ2n) is 5.10. The quantitative estimate of drug-likeness (QED) is 0.614. The molecule has 0 amide bonds. The topological polar surface area (TPSA) is 55.4 Å². The number of benzene rings is 1. The van der Waals surface area contributed by atoms with E-state index in [1.807, 2.05) is 24.3 Å². The molecule has 4 nitrogen and oxygen atoms in total. The lowest BCUT2D eigenvalue weighted by Gasteiger charge is -2.15. The van der Waals surface area contributed by atoms with E-state index in [2.05, 4.69) is 23.9 Å². The third kappa shape index (κ3) is 4.46. The molecule has 1 unspecified atom stereocenters. The molecule has 0 spiro atoms. The molecule has 1 aromatic carbocycles. The van der Waals surface area contributed by atoms with Gasteiger partial charge in [-0.05, 0) is 24.9 Å². The summed E-state index contributed by atoms with van der Waals surface area (Å²) in [4.78, 5) is 23.5. The number of methoxy groups -OCH3 is 1. The Labute approximate surface area is 120 Å². The second-order valence-corrected chi connectivity index (χ2v) is 5.10. The fourth-order valence-corrected chi connectivity index (χ4v) is 2.00. The lowest BCUT2D eigenvalue weighted by atomic mass is 9.96. The maximum Gasteiger partial charge on any atom is 0.305 e. The van der Waals surface area contributed by atoms with Gasteiger partial charge in [0.1, 0.15) is 0 Å². The minimum atomic E-state index is -0.362. The number of hydrogen-bond acceptors (Lipinski definition) is 4. The van der Waals surface area contributed by atoms with Gasteiger partial charge in [0.05, 0.1) is 13.2 Å². The Bertz CT molecular complexity index is 451. The number of carbonyl (C=O) groups excluding carboxylic acids is 2. The van der Waals surface area contributed by atoms with Crippen LogP contribution in [-0.4, -0.2) is 32.0 Å². The molecule has 1 aromatic rings. The van der Waals surface area contributed by atoms with Crippen LogP contribution in [0.25, 0.3) is 0 Å². The highest BCUT2D eigenvalue weighted by Crippen LogP contribution is 2.16. The van der Waals surface area contributed by atoms with E-state index in [9.17, 15) is 9.59 Å². The van der Waals surface area contributed by atoms with Crippen molar-refractivity contribution in [3.63, 3.8) is 0 Å². The molecule has 0 aliphatic heterocycles. The number of likely N-dealkylation sites (N-methyl/N-ethyl adjacent to an activating group) is 1. The molecular weight excluding hydrogens is 254 g/mol. The van der Waals surface area contributed by atoms with Crippen LogP contribution in [-0.2, 0) is 9.53 Å². The Balaban J connectivity index is 2.72. The van der Waals surface area contributed by atoms with Crippen molar-refractivity contribution in [2.75, 3.05) is 14.2 Å². The summed E-state index contributed by atoms with van der Waals surface area (Å²) in [5.74, 6) is 0.151. The standard InChI is InChI=1S/C16H23NO3/c1-11(2)12-5-7-13(8-6-12)16(19)14(17-3)9-10-15(18)20-4/h5-8,11,14,17H,9-10H2,1-4H3. The first-order valence-electron chi connectivity index (χ1n) is 6.87.